The van der Waals surface area contributed by atoms with Crippen molar-refractivity contribution >= 4 is 29.0 Å². The van der Waals surface area contributed by atoms with Gasteiger partial charge in [-0.3, -0.25) is 9.20 Å². The molecule has 2 saturated carbocycles. The molecule has 2 aromatic heterocycles. The summed E-state index contributed by atoms with van der Waals surface area (Å²) >= 11 is 1.98. The number of nitrogen functional groups attached to an aromatic ring is 1. The van der Waals surface area contributed by atoms with Gasteiger partial charge < -0.3 is 11.1 Å². The first kappa shape index (κ1) is 21.0. The zero-order valence-electron chi connectivity index (χ0n) is 19.1. The summed E-state index contributed by atoms with van der Waals surface area (Å²) in [6, 6.07) is 6.82. The molecule has 172 valence electrons. The first-order valence-electron chi connectivity index (χ1n) is 12.2. The summed E-state index contributed by atoms with van der Waals surface area (Å²) in [5, 5.41) is 3.27. The first-order valence-corrected chi connectivity index (χ1v) is 13.1. The second-order valence-corrected chi connectivity index (χ2v) is 11.2. The normalized spacial score (nSPS) is 24.7. The Labute approximate surface area is 198 Å². The Hall–Kier alpha value is -2.54. The average molecular weight is 462 g/mol. The molecule has 3 N–H and O–H groups in total. The lowest BCUT2D eigenvalue weighted by Gasteiger charge is -2.27. The topological polar surface area (TPSA) is 85.3 Å². The monoisotopic (exact) mass is 461 g/mol. The zero-order chi connectivity index (χ0) is 22.5. The Kier molecular flexibility index (Phi) is 5.32. The number of aromatic nitrogens is 3. The first-order chi connectivity index (χ1) is 16.1. The number of benzene rings is 1. The van der Waals surface area contributed by atoms with E-state index in [0.717, 1.165) is 61.6 Å². The fourth-order valence-corrected chi connectivity index (χ4v) is 7.20. The van der Waals surface area contributed by atoms with Crippen molar-refractivity contribution in [1.82, 2.24) is 19.7 Å². The molecular weight excluding hydrogens is 430 g/mol. The molecule has 2 aliphatic carbocycles. The number of carbonyl (C=O) groups is 1. The van der Waals surface area contributed by atoms with Gasteiger partial charge in [-0.25, -0.2) is 9.97 Å². The van der Waals surface area contributed by atoms with Crippen LogP contribution in [-0.2, 0) is 11.2 Å². The van der Waals surface area contributed by atoms with Crippen molar-refractivity contribution in [3.8, 4) is 0 Å². The van der Waals surface area contributed by atoms with Crippen LogP contribution in [-0.4, -0.2) is 26.8 Å². The molecule has 1 atom stereocenters. The van der Waals surface area contributed by atoms with E-state index in [1.807, 2.05) is 18.0 Å². The highest BCUT2D eigenvalue weighted by atomic mass is 32.2. The fraction of sp³-hybridized carbons (Fsp3) is 0.500. The quantitative estimate of drug-likeness (QED) is 0.559. The third-order valence-corrected chi connectivity index (χ3v) is 9.01. The van der Waals surface area contributed by atoms with Gasteiger partial charge in [0.05, 0.1) is 10.9 Å². The summed E-state index contributed by atoms with van der Waals surface area (Å²) in [4.78, 5) is 22.5. The van der Waals surface area contributed by atoms with Crippen LogP contribution in [0.1, 0.15) is 85.2 Å². The maximum atomic E-state index is 11.3. The Morgan fingerprint density at radius 2 is 1.97 bits per heavy atom. The molecule has 3 heterocycles. The van der Waals surface area contributed by atoms with Gasteiger partial charge in [0.25, 0.3) is 0 Å². The molecule has 0 saturated heterocycles. The number of carbonyl (C=O) groups excluding carboxylic acids is 1. The molecule has 7 heteroatoms. The highest BCUT2D eigenvalue weighted by Crippen LogP contribution is 2.54. The van der Waals surface area contributed by atoms with E-state index in [1.54, 1.807) is 13.1 Å². The lowest BCUT2D eigenvalue weighted by atomic mass is 9.81. The summed E-state index contributed by atoms with van der Waals surface area (Å²) in [5.41, 5.74) is 11.5. The summed E-state index contributed by atoms with van der Waals surface area (Å²) in [7, 11) is 0. The smallest absolute Gasteiger partial charge is 0.216 e. The van der Waals surface area contributed by atoms with E-state index in [-0.39, 0.29) is 11.2 Å². The number of fused-ring (bicyclic) bond motifs is 2. The SMILES string of the molecule is CC(=O)NC[C@H]1CC[C@H](c2nc(C3Cc4cccc(C5CC5)c4S3)c3c(N)nccn32)CC1. The van der Waals surface area contributed by atoms with Crippen LogP contribution in [0.4, 0.5) is 5.82 Å². The van der Waals surface area contributed by atoms with Crippen molar-refractivity contribution in [2.75, 3.05) is 12.3 Å². The van der Waals surface area contributed by atoms with Crippen LogP contribution in [0.15, 0.2) is 35.5 Å². The summed E-state index contributed by atoms with van der Waals surface area (Å²) in [6.45, 7) is 2.38. The van der Waals surface area contributed by atoms with Gasteiger partial charge in [0, 0.05) is 36.7 Å². The van der Waals surface area contributed by atoms with Crippen LogP contribution in [0.5, 0.6) is 0 Å². The van der Waals surface area contributed by atoms with E-state index in [4.69, 9.17) is 10.7 Å². The van der Waals surface area contributed by atoms with E-state index in [1.165, 1.54) is 28.9 Å². The largest absolute Gasteiger partial charge is 0.382 e. The molecule has 1 amide bonds. The lowest BCUT2D eigenvalue weighted by molar-refractivity contribution is -0.119. The molecule has 1 unspecified atom stereocenters. The van der Waals surface area contributed by atoms with Crippen molar-refractivity contribution in [1.29, 1.82) is 0 Å². The number of rotatable bonds is 5. The number of hydrogen-bond donors (Lipinski definition) is 2. The molecule has 1 aliphatic heterocycles. The van der Waals surface area contributed by atoms with Gasteiger partial charge in [-0.2, -0.15) is 0 Å². The highest BCUT2D eigenvalue weighted by molar-refractivity contribution is 8.00. The molecule has 0 bridgehead atoms. The van der Waals surface area contributed by atoms with Crippen molar-refractivity contribution in [3.63, 3.8) is 0 Å². The van der Waals surface area contributed by atoms with Crippen molar-refractivity contribution in [2.24, 2.45) is 5.92 Å². The van der Waals surface area contributed by atoms with Crippen molar-refractivity contribution in [3.05, 3.63) is 53.2 Å². The van der Waals surface area contributed by atoms with Gasteiger partial charge >= 0.3 is 0 Å². The van der Waals surface area contributed by atoms with Crippen LogP contribution in [0.2, 0.25) is 0 Å². The second-order valence-electron chi connectivity index (χ2n) is 9.96. The van der Waals surface area contributed by atoms with Crippen LogP contribution in [0, 0.1) is 5.92 Å². The number of nitrogens with one attached hydrogen (secondary N) is 1. The van der Waals surface area contributed by atoms with E-state index in [2.05, 4.69) is 32.9 Å². The molecule has 1 aromatic carbocycles. The molecule has 6 nitrogen and oxygen atoms in total. The number of hydrogen-bond acceptors (Lipinski definition) is 5. The predicted octanol–water partition coefficient (Wildman–Crippen LogP) is 4.99. The van der Waals surface area contributed by atoms with E-state index < -0.39 is 0 Å². The molecule has 3 aromatic rings. The third kappa shape index (κ3) is 3.90. The van der Waals surface area contributed by atoms with Crippen LogP contribution < -0.4 is 11.1 Å². The van der Waals surface area contributed by atoms with Crippen LogP contribution in [0.3, 0.4) is 0 Å². The number of nitrogens with zero attached hydrogens (tertiary/aromatic N) is 3. The maximum absolute atomic E-state index is 11.3. The van der Waals surface area contributed by atoms with Gasteiger partial charge in [0.1, 0.15) is 17.2 Å². The third-order valence-electron chi connectivity index (χ3n) is 7.60. The Balaban J connectivity index is 1.29. The molecular formula is C26H31N5OS. The van der Waals surface area contributed by atoms with Gasteiger partial charge in [-0.05, 0) is 67.9 Å². The van der Waals surface area contributed by atoms with Gasteiger partial charge in [0.15, 0.2) is 0 Å². The highest BCUT2D eigenvalue weighted by Gasteiger charge is 2.35. The summed E-state index contributed by atoms with van der Waals surface area (Å²) in [5.74, 6) is 3.49. The standard InChI is InChI=1S/C26H31N5OS/c1-15(32)29-14-16-5-7-18(8-6-16)26-30-22(23-25(27)28-11-12-31(23)26)21-13-19-3-2-4-20(17-9-10-17)24(19)33-21/h2-4,11-12,16-18,21H,5-10,13-14H2,1H3,(H2,27,28)(H,29,32)/t16-,18-,21?. The van der Waals surface area contributed by atoms with Crippen molar-refractivity contribution < 1.29 is 4.79 Å². The lowest BCUT2D eigenvalue weighted by Crippen LogP contribution is -2.29. The number of amides is 1. The Bertz CT molecular complexity index is 1210. The van der Waals surface area contributed by atoms with E-state index >= 15 is 0 Å². The number of imidazole rings is 1. The Morgan fingerprint density at radius 1 is 1.18 bits per heavy atom. The summed E-state index contributed by atoms with van der Waals surface area (Å²) in [6.07, 6.45) is 11.9. The average Bonchev–Trinajstić information content (AvgIpc) is 3.44. The maximum Gasteiger partial charge on any atom is 0.216 e. The van der Waals surface area contributed by atoms with Crippen LogP contribution >= 0.6 is 11.8 Å². The number of nitrogens with two attached hydrogens (primary N) is 1. The van der Waals surface area contributed by atoms with Gasteiger partial charge in [0.2, 0.25) is 5.91 Å². The molecule has 6 rings (SSSR count). The van der Waals surface area contributed by atoms with Crippen LogP contribution in [0.25, 0.3) is 5.52 Å². The second kappa shape index (κ2) is 8.35. The molecule has 0 spiro atoms. The minimum atomic E-state index is 0.0592. The zero-order valence-corrected chi connectivity index (χ0v) is 19.9. The Morgan fingerprint density at radius 3 is 2.73 bits per heavy atom. The molecule has 3 aliphatic rings. The fourth-order valence-electron chi connectivity index (χ4n) is 5.70. The minimum absolute atomic E-state index is 0.0592. The number of thioether (sulfide) groups is 1. The minimum Gasteiger partial charge on any atom is -0.382 e. The van der Waals surface area contributed by atoms with E-state index in [9.17, 15) is 4.79 Å². The van der Waals surface area contributed by atoms with Gasteiger partial charge in [-0.15, -0.1) is 11.8 Å². The van der Waals surface area contributed by atoms with E-state index in [0.29, 0.717) is 17.7 Å². The summed E-state index contributed by atoms with van der Waals surface area (Å²) < 4.78 is 2.21. The number of anilines is 1. The molecule has 2 fully saturated rings. The predicted molar refractivity (Wildman–Crippen MR) is 132 cm³/mol. The molecule has 0 radical (unpaired) electrons. The molecule has 33 heavy (non-hydrogen) atoms. The van der Waals surface area contributed by atoms with Gasteiger partial charge in [-0.1, -0.05) is 18.2 Å². The van der Waals surface area contributed by atoms with Crippen molar-refractivity contribution in [2.45, 2.75) is 73.9 Å².